The molecule has 0 fully saturated rings. The third-order valence-electron chi connectivity index (χ3n) is 2.75. The van der Waals surface area contributed by atoms with Gasteiger partial charge in [0.15, 0.2) is 5.75 Å². The van der Waals surface area contributed by atoms with Crippen LogP contribution in [-0.2, 0) is 13.2 Å². The van der Waals surface area contributed by atoms with Gasteiger partial charge >= 0.3 is 0 Å². The summed E-state index contributed by atoms with van der Waals surface area (Å²) in [5, 5.41) is 20.3. The summed E-state index contributed by atoms with van der Waals surface area (Å²) in [5.41, 5.74) is 1.19. The molecule has 5 nitrogen and oxygen atoms in total. The van der Waals surface area contributed by atoms with Gasteiger partial charge in [0.25, 0.3) is 5.69 Å². The summed E-state index contributed by atoms with van der Waals surface area (Å²) >= 11 is 12.1. The maximum absolute atomic E-state index is 10.7. The Bertz CT molecular complexity index is 653. The Kier molecular flexibility index (Phi) is 5.01. The van der Waals surface area contributed by atoms with Crippen LogP contribution in [0.1, 0.15) is 11.1 Å². The van der Waals surface area contributed by atoms with Crippen molar-refractivity contribution in [1.29, 1.82) is 0 Å². The van der Waals surface area contributed by atoms with Gasteiger partial charge in [0, 0.05) is 12.1 Å². The number of hydrogen-bond acceptors (Lipinski definition) is 4. The molecule has 0 aromatic heterocycles. The number of ether oxygens (including phenoxy) is 1. The highest BCUT2D eigenvalue weighted by Crippen LogP contribution is 2.34. The second-order valence-corrected chi connectivity index (χ2v) is 5.08. The van der Waals surface area contributed by atoms with E-state index in [1.54, 1.807) is 24.3 Å². The minimum Gasteiger partial charge on any atom is -0.486 e. The van der Waals surface area contributed by atoms with Crippen LogP contribution in [0.15, 0.2) is 36.4 Å². The first-order valence-electron chi connectivity index (χ1n) is 5.96. The van der Waals surface area contributed by atoms with Crippen LogP contribution in [0.3, 0.4) is 0 Å². The fourth-order valence-corrected chi connectivity index (χ4v) is 2.40. The van der Waals surface area contributed by atoms with Crippen molar-refractivity contribution in [3.63, 3.8) is 0 Å². The number of benzene rings is 2. The second kappa shape index (κ2) is 6.76. The molecule has 21 heavy (non-hydrogen) atoms. The van der Waals surface area contributed by atoms with Crippen LogP contribution in [0.5, 0.6) is 5.75 Å². The predicted molar refractivity (Wildman–Crippen MR) is 79.8 cm³/mol. The summed E-state index contributed by atoms with van der Waals surface area (Å²) in [5.74, 6) is 0.280. The summed E-state index contributed by atoms with van der Waals surface area (Å²) < 4.78 is 5.52. The Labute approximate surface area is 130 Å². The maximum Gasteiger partial charge on any atom is 0.269 e. The molecular weight excluding hydrogens is 317 g/mol. The molecule has 0 amide bonds. The van der Waals surface area contributed by atoms with Gasteiger partial charge in [-0.3, -0.25) is 10.1 Å². The van der Waals surface area contributed by atoms with Gasteiger partial charge in [-0.15, -0.1) is 0 Å². The van der Waals surface area contributed by atoms with Crippen molar-refractivity contribution < 1.29 is 14.8 Å². The molecule has 0 radical (unpaired) electrons. The monoisotopic (exact) mass is 327 g/mol. The number of nitro benzene ring substituents is 1. The molecule has 2 aromatic carbocycles. The molecule has 2 aromatic rings. The maximum atomic E-state index is 10.7. The summed E-state index contributed by atoms with van der Waals surface area (Å²) in [7, 11) is 0. The zero-order valence-electron chi connectivity index (χ0n) is 10.8. The van der Waals surface area contributed by atoms with Crippen LogP contribution in [0.2, 0.25) is 10.0 Å². The first-order chi connectivity index (χ1) is 10.0. The van der Waals surface area contributed by atoms with Crippen LogP contribution in [-0.4, -0.2) is 10.0 Å². The molecule has 2 rings (SSSR count). The second-order valence-electron chi connectivity index (χ2n) is 4.26. The first kappa shape index (κ1) is 15.6. The van der Waals surface area contributed by atoms with E-state index in [-0.39, 0.29) is 34.7 Å². The topological polar surface area (TPSA) is 72.6 Å². The van der Waals surface area contributed by atoms with E-state index in [2.05, 4.69) is 0 Å². The van der Waals surface area contributed by atoms with Crippen LogP contribution < -0.4 is 4.74 Å². The molecule has 0 unspecified atom stereocenters. The number of nitrogens with zero attached hydrogens (tertiary/aromatic N) is 1. The summed E-state index contributed by atoms with van der Waals surface area (Å²) in [6.07, 6.45) is 0. The first-order valence-corrected chi connectivity index (χ1v) is 6.71. The van der Waals surface area contributed by atoms with E-state index in [0.29, 0.717) is 11.1 Å². The van der Waals surface area contributed by atoms with Gasteiger partial charge in [0.1, 0.15) is 6.61 Å². The number of hydrogen-bond donors (Lipinski definition) is 1. The lowest BCUT2D eigenvalue weighted by atomic mass is 10.2. The normalized spacial score (nSPS) is 10.4. The fraction of sp³-hybridized carbons (Fsp3) is 0.143. The van der Waals surface area contributed by atoms with Crippen LogP contribution >= 0.6 is 23.2 Å². The van der Waals surface area contributed by atoms with E-state index in [9.17, 15) is 10.1 Å². The lowest BCUT2D eigenvalue weighted by molar-refractivity contribution is -0.384. The molecular formula is C14H11Cl2NO4. The van der Waals surface area contributed by atoms with Crippen molar-refractivity contribution in [2.75, 3.05) is 0 Å². The van der Waals surface area contributed by atoms with Gasteiger partial charge in [-0.05, 0) is 23.3 Å². The highest BCUT2D eigenvalue weighted by atomic mass is 35.5. The van der Waals surface area contributed by atoms with Crippen LogP contribution in [0.4, 0.5) is 5.69 Å². The summed E-state index contributed by atoms with van der Waals surface area (Å²) in [4.78, 5) is 10.2. The quantitative estimate of drug-likeness (QED) is 0.666. The number of aliphatic hydroxyl groups excluding tert-OH is 1. The van der Waals surface area contributed by atoms with E-state index in [1.807, 2.05) is 0 Å². The van der Waals surface area contributed by atoms with E-state index in [4.69, 9.17) is 33.0 Å². The molecule has 0 spiro atoms. The van der Waals surface area contributed by atoms with Gasteiger partial charge in [0.2, 0.25) is 0 Å². The highest BCUT2D eigenvalue weighted by Gasteiger charge is 2.11. The Morgan fingerprint density at radius 2 is 1.81 bits per heavy atom. The number of rotatable bonds is 5. The van der Waals surface area contributed by atoms with Crippen LogP contribution in [0, 0.1) is 10.1 Å². The molecule has 0 aliphatic rings. The SMILES string of the molecule is O=[N+]([O-])c1cccc(COc2c(Cl)cc(CO)cc2Cl)c1. The van der Waals surface area contributed by atoms with E-state index >= 15 is 0 Å². The number of nitro groups is 1. The van der Waals surface area contributed by atoms with Gasteiger partial charge in [-0.2, -0.15) is 0 Å². The fourth-order valence-electron chi connectivity index (χ4n) is 1.76. The van der Waals surface area contributed by atoms with Gasteiger partial charge < -0.3 is 9.84 Å². The summed E-state index contributed by atoms with van der Waals surface area (Å²) in [6, 6.07) is 9.21. The van der Waals surface area contributed by atoms with Crippen molar-refractivity contribution in [1.82, 2.24) is 0 Å². The lowest BCUT2D eigenvalue weighted by Gasteiger charge is -2.11. The van der Waals surface area contributed by atoms with E-state index in [0.717, 1.165) is 0 Å². The summed E-state index contributed by atoms with van der Waals surface area (Å²) in [6.45, 7) is -0.0792. The third-order valence-corrected chi connectivity index (χ3v) is 3.31. The molecule has 0 aliphatic heterocycles. The Morgan fingerprint density at radius 3 is 2.38 bits per heavy atom. The third kappa shape index (κ3) is 3.85. The van der Waals surface area contributed by atoms with E-state index < -0.39 is 4.92 Å². The standard InChI is InChI=1S/C14H11Cl2NO4/c15-12-5-10(7-18)6-13(16)14(12)21-8-9-2-1-3-11(4-9)17(19)20/h1-6,18H,7-8H2. The molecule has 0 atom stereocenters. The lowest BCUT2D eigenvalue weighted by Crippen LogP contribution is -1.98. The van der Waals surface area contributed by atoms with Gasteiger partial charge in [-0.25, -0.2) is 0 Å². The van der Waals surface area contributed by atoms with Gasteiger partial charge in [0.05, 0.1) is 21.6 Å². The van der Waals surface area contributed by atoms with E-state index in [1.165, 1.54) is 12.1 Å². The largest absolute Gasteiger partial charge is 0.486 e. The minimum absolute atomic E-state index is 0.0103. The molecule has 110 valence electrons. The predicted octanol–water partition coefficient (Wildman–Crippen LogP) is 3.97. The molecule has 0 heterocycles. The van der Waals surface area contributed by atoms with Crippen LogP contribution in [0.25, 0.3) is 0 Å². The van der Waals surface area contributed by atoms with Gasteiger partial charge in [-0.1, -0.05) is 35.3 Å². The Balaban J connectivity index is 2.17. The highest BCUT2D eigenvalue weighted by molar-refractivity contribution is 6.37. The number of aliphatic hydroxyl groups is 1. The van der Waals surface area contributed by atoms with Crippen molar-refractivity contribution in [3.05, 3.63) is 67.7 Å². The number of halogens is 2. The van der Waals surface area contributed by atoms with Crippen molar-refractivity contribution in [2.24, 2.45) is 0 Å². The van der Waals surface area contributed by atoms with Crippen molar-refractivity contribution in [2.45, 2.75) is 13.2 Å². The Hall–Kier alpha value is -1.82. The molecule has 0 aliphatic carbocycles. The average Bonchev–Trinajstić information content (AvgIpc) is 2.46. The average molecular weight is 328 g/mol. The zero-order chi connectivity index (χ0) is 15.4. The number of non-ortho nitro benzene ring substituents is 1. The Morgan fingerprint density at radius 1 is 1.14 bits per heavy atom. The molecule has 7 heteroatoms. The minimum atomic E-state index is -0.473. The molecule has 0 bridgehead atoms. The molecule has 0 saturated heterocycles. The van der Waals surface area contributed by atoms with Crippen molar-refractivity contribution >= 4 is 28.9 Å². The molecule has 1 N–H and O–H groups in total. The molecule has 0 saturated carbocycles. The van der Waals surface area contributed by atoms with Crippen molar-refractivity contribution in [3.8, 4) is 5.75 Å². The zero-order valence-corrected chi connectivity index (χ0v) is 12.3. The smallest absolute Gasteiger partial charge is 0.269 e.